The molecule has 1 heterocycles. The maximum Gasteiger partial charge on any atom is 0.343 e. The summed E-state index contributed by atoms with van der Waals surface area (Å²) < 4.78 is 15.2. The van der Waals surface area contributed by atoms with E-state index in [0.29, 0.717) is 17.0 Å². The molecule has 0 saturated carbocycles. The van der Waals surface area contributed by atoms with Crippen LogP contribution < -0.4 is 15.4 Å². The number of benzene rings is 2. The lowest BCUT2D eigenvalue weighted by molar-refractivity contribution is -0.143. The number of carbonyl (C=O) groups excluding carboxylic acids is 3. The molecule has 1 aliphatic rings. The topological polar surface area (TPSA) is 103 Å². The minimum absolute atomic E-state index is 0.251. The number of methoxy groups -OCH3 is 2. The molecule has 3 rings (SSSR count). The number of hydrogen-bond acceptors (Lipinski definition) is 6. The van der Waals surface area contributed by atoms with Crippen molar-refractivity contribution in [2.75, 3.05) is 20.8 Å². The third-order valence-electron chi connectivity index (χ3n) is 4.47. The van der Waals surface area contributed by atoms with E-state index in [4.69, 9.17) is 9.47 Å². The zero-order valence-electron chi connectivity index (χ0n) is 15.7. The summed E-state index contributed by atoms with van der Waals surface area (Å²) in [7, 11) is 2.54. The van der Waals surface area contributed by atoms with Gasteiger partial charge in [0, 0.05) is 11.3 Å². The number of allylic oxidation sites excluding steroid dienone is 1. The van der Waals surface area contributed by atoms with Crippen LogP contribution in [0.3, 0.4) is 0 Å². The van der Waals surface area contributed by atoms with Gasteiger partial charge in [-0.25, -0.2) is 14.4 Å². The van der Waals surface area contributed by atoms with Crippen molar-refractivity contribution in [3.63, 3.8) is 0 Å². The molecule has 0 aliphatic carbocycles. The molecule has 0 fully saturated rings. The van der Waals surface area contributed by atoms with Crippen LogP contribution in [0.1, 0.15) is 18.5 Å². The zero-order chi connectivity index (χ0) is 20.3. The normalized spacial score (nSPS) is 16.2. The maximum atomic E-state index is 12.4. The number of esters is 2. The summed E-state index contributed by atoms with van der Waals surface area (Å²) in [6, 6.07) is 9.73. The molecule has 0 aromatic heterocycles. The van der Waals surface area contributed by atoms with Crippen molar-refractivity contribution in [3.05, 3.63) is 53.2 Å². The van der Waals surface area contributed by atoms with Gasteiger partial charge in [-0.1, -0.05) is 30.3 Å². The standard InChI is InChI=1S/C20H20N2O6/c1-11-16(19(24)27-3)18(22-20(25)21-11)17-13-7-5-4-6-12(13)8-9-14(17)28-10-15(23)26-2/h4-9,18H,10H2,1-3H3,(H2,21,22,25)/t18-/m0/s1. The molecule has 0 bridgehead atoms. The molecule has 2 aromatic rings. The Morgan fingerprint density at radius 3 is 2.54 bits per heavy atom. The molecule has 2 N–H and O–H groups in total. The van der Waals surface area contributed by atoms with Crippen LogP contribution >= 0.6 is 0 Å². The minimum Gasteiger partial charge on any atom is -0.482 e. The smallest absolute Gasteiger partial charge is 0.343 e. The summed E-state index contributed by atoms with van der Waals surface area (Å²) in [6.07, 6.45) is 0. The van der Waals surface area contributed by atoms with Crippen LogP contribution in [0.5, 0.6) is 5.75 Å². The zero-order valence-corrected chi connectivity index (χ0v) is 15.7. The largest absolute Gasteiger partial charge is 0.482 e. The van der Waals surface area contributed by atoms with Crippen molar-refractivity contribution in [1.82, 2.24) is 10.6 Å². The average molecular weight is 384 g/mol. The van der Waals surface area contributed by atoms with Crippen molar-refractivity contribution in [2.24, 2.45) is 0 Å². The lowest BCUT2D eigenvalue weighted by atomic mass is 9.90. The highest BCUT2D eigenvalue weighted by Gasteiger charge is 2.34. The fourth-order valence-electron chi connectivity index (χ4n) is 3.19. The van der Waals surface area contributed by atoms with Crippen LogP contribution in [0.15, 0.2) is 47.7 Å². The summed E-state index contributed by atoms with van der Waals surface area (Å²) in [5.41, 5.74) is 1.19. The first-order valence-electron chi connectivity index (χ1n) is 8.54. The van der Waals surface area contributed by atoms with Gasteiger partial charge in [0.25, 0.3) is 0 Å². The first kappa shape index (κ1) is 19.2. The molecule has 0 unspecified atom stereocenters. The molecule has 8 heteroatoms. The number of urea groups is 1. The number of amides is 2. The molecule has 28 heavy (non-hydrogen) atoms. The molecule has 0 spiro atoms. The second-order valence-electron chi connectivity index (χ2n) is 6.13. The number of nitrogens with one attached hydrogen (secondary N) is 2. The van der Waals surface area contributed by atoms with E-state index < -0.39 is 24.0 Å². The van der Waals surface area contributed by atoms with Gasteiger partial charge in [0.2, 0.25) is 0 Å². The number of carbonyl (C=O) groups is 3. The van der Waals surface area contributed by atoms with E-state index >= 15 is 0 Å². The van der Waals surface area contributed by atoms with Gasteiger partial charge in [0.15, 0.2) is 6.61 Å². The molecule has 0 radical (unpaired) electrons. The first-order chi connectivity index (χ1) is 13.5. The number of rotatable bonds is 5. The first-order valence-corrected chi connectivity index (χ1v) is 8.54. The molecule has 2 amide bonds. The molecule has 1 aliphatic heterocycles. The Bertz CT molecular complexity index is 982. The van der Waals surface area contributed by atoms with E-state index in [-0.39, 0.29) is 12.2 Å². The molecular weight excluding hydrogens is 364 g/mol. The van der Waals surface area contributed by atoms with Crippen LogP contribution in [-0.4, -0.2) is 38.8 Å². The van der Waals surface area contributed by atoms with E-state index in [9.17, 15) is 14.4 Å². The fraction of sp³-hybridized carbons (Fsp3) is 0.250. The van der Waals surface area contributed by atoms with Crippen LogP contribution in [-0.2, 0) is 19.1 Å². The second kappa shape index (κ2) is 7.99. The summed E-state index contributed by atoms with van der Waals surface area (Å²) in [4.78, 5) is 36.1. The van der Waals surface area contributed by atoms with E-state index in [1.807, 2.05) is 30.3 Å². The summed E-state index contributed by atoms with van der Waals surface area (Å²) in [5, 5.41) is 7.00. The third-order valence-corrected chi connectivity index (χ3v) is 4.47. The van der Waals surface area contributed by atoms with Crippen molar-refractivity contribution >= 4 is 28.7 Å². The third kappa shape index (κ3) is 3.62. The Morgan fingerprint density at radius 2 is 1.82 bits per heavy atom. The Hall–Kier alpha value is -3.55. The summed E-state index contributed by atoms with van der Waals surface area (Å²) in [5.74, 6) is -0.777. The second-order valence-corrected chi connectivity index (χ2v) is 6.13. The summed E-state index contributed by atoms with van der Waals surface area (Å²) >= 11 is 0. The molecular formula is C20H20N2O6. The van der Waals surface area contributed by atoms with Gasteiger partial charge in [0.05, 0.1) is 25.8 Å². The lowest BCUT2D eigenvalue weighted by Crippen LogP contribution is -2.45. The lowest BCUT2D eigenvalue weighted by Gasteiger charge is -2.29. The maximum absolute atomic E-state index is 12.4. The molecule has 146 valence electrons. The van der Waals surface area contributed by atoms with Crippen molar-refractivity contribution in [1.29, 1.82) is 0 Å². The van der Waals surface area contributed by atoms with Gasteiger partial charge in [-0.3, -0.25) is 0 Å². The van der Waals surface area contributed by atoms with Gasteiger partial charge in [0.1, 0.15) is 5.75 Å². The van der Waals surface area contributed by atoms with Crippen LogP contribution in [0.2, 0.25) is 0 Å². The number of fused-ring (bicyclic) bond motifs is 1. The van der Waals surface area contributed by atoms with Gasteiger partial charge in [-0.05, 0) is 23.8 Å². The van der Waals surface area contributed by atoms with Gasteiger partial charge in [-0.15, -0.1) is 0 Å². The monoisotopic (exact) mass is 384 g/mol. The number of hydrogen-bond donors (Lipinski definition) is 2. The van der Waals surface area contributed by atoms with E-state index in [2.05, 4.69) is 15.4 Å². The highest BCUT2D eigenvalue weighted by atomic mass is 16.6. The molecule has 1 atom stereocenters. The Labute approximate surface area is 161 Å². The van der Waals surface area contributed by atoms with E-state index in [1.165, 1.54) is 14.2 Å². The quantitative estimate of drug-likeness (QED) is 0.766. The fourth-order valence-corrected chi connectivity index (χ4v) is 3.19. The summed E-state index contributed by atoms with van der Waals surface area (Å²) in [6.45, 7) is 1.31. The van der Waals surface area contributed by atoms with Crippen molar-refractivity contribution in [2.45, 2.75) is 13.0 Å². The predicted octanol–water partition coefficient (Wildman–Crippen LogP) is 2.19. The van der Waals surface area contributed by atoms with Crippen molar-refractivity contribution < 1.29 is 28.6 Å². The van der Waals surface area contributed by atoms with E-state index in [1.54, 1.807) is 13.0 Å². The Balaban J connectivity index is 2.20. The van der Waals surface area contributed by atoms with Crippen LogP contribution in [0.4, 0.5) is 4.79 Å². The van der Waals surface area contributed by atoms with Gasteiger partial charge >= 0.3 is 18.0 Å². The minimum atomic E-state index is -0.819. The van der Waals surface area contributed by atoms with Crippen LogP contribution in [0.25, 0.3) is 10.8 Å². The highest BCUT2D eigenvalue weighted by Crippen LogP contribution is 2.38. The number of ether oxygens (including phenoxy) is 3. The SMILES string of the molecule is COC(=O)COc1ccc2ccccc2c1[C@H]1NC(=O)NC(C)=C1C(=O)OC. The van der Waals surface area contributed by atoms with E-state index in [0.717, 1.165) is 10.8 Å². The van der Waals surface area contributed by atoms with Gasteiger partial charge < -0.3 is 24.8 Å². The van der Waals surface area contributed by atoms with Gasteiger partial charge in [-0.2, -0.15) is 0 Å². The van der Waals surface area contributed by atoms with Crippen molar-refractivity contribution in [3.8, 4) is 5.75 Å². The molecule has 0 saturated heterocycles. The molecule has 2 aromatic carbocycles. The Morgan fingerprint density at radius 1 is 1.07 bits per heavy atom. The highest BCUT2D eigenvalue weighted by molar-refractivity contribution is 5.98. The predicted molar refractivity (Wildman–Crippen MR) is 101 cm³/mol. The van der Waals surface area contributed by atoms with Crippen LogP contribution in [0, 0.1) is 0 Å². The Kier molecular flexibility index (Phi) is 5.49. The molecule has 8 nitrogen and oxygen atoms in total. The average Bonchev–Trinajstić information content (AvgIpc) is 2.70.